The molecule has 0 saturated carbocycles. The zero-order chi connectivity index (χ0) is 16.2. The fourth-order valence-corrected chi connectivity index (χ4v) is 3.03. The summed E-state index contributed by atoms with van der Waals surface area (Å²) in [4.78, 5) is 12.1. The Labute approximate surface area is 136 Å². The number of nitrogens with zero attached hydrogens (tertiary/aromatic N) is 1. The number of fused-ring (bicyclic) bond motifs is 1. The largest absolute Gasteiger partial charge is 0.355 e. The molecule has 1 aromatic heterocycles. The second-order valence-corrected chi connectivity index (χ2v) is 6.05. The molecule has 0 saturated heterocycles. The molecule has 0 bridgehead atoms. The number of para-hydroxylation sites is 1. The van der Waals surface area contributed by atoms with E-state index in [2.05, 4.69) is 53.5 Å². The van der Waals surface area contributed by atoms with E-state index >= 15 is 0 Å². The first-order chi connectivity index (χ1) is 11.1. The van der Waals surface area contributed by atoms with Crippen LogP contribution in [0.1, 0.15) is 16.7 Å². The third-order valence-electron chi connectivity index (χ3n) is 4.14. The molecule has 1 N–H and O–H groups in total. The summed E-state index contributed by atoms with van der Waals surface area (Å²) in [6, 6.07) is 16.5. The van der Waals surface area contributed by atoms with Gasteiger partial charge in [-0.1, -0.05) is 48.0 Å². The first-order valence-electron chi connectivity index (χ1n) is 7.98. The lowest BCUT2D eigenvalue weighted by atomic mass is 10.1. The van der Waals surface area contributed by atoms with Crippen molar-refractivity contribution in [3.63, 3.8) is 0 Å². The summed E-state index contributed by atoms with van der Waals surface area (Å²) in [6.07, 6.45) is 3.44. The van der Waals surface area contributed by atoms with Gasteiger partial charge in [0.1, 0.15) is 0 Å². The van der Waals surface area contributed by atoms with E-state index in [9.17, 15) is 4.79 Å². The molecule has 3 nitrogen and oxygen atoms in total. The average Bonchev–Trinajstić information content (AvgIpc) is 2.84. The highest BCUT2D eigenvalue weighted by molar-refractivity contribution is 5.84. The van der Waals surface area contributed by atoms with Gasteiger partial charge < -0.3 is 9.88 Å². The van der Waals surface area contributed by atoms with Crippen LogP contribution in [0.3, 0.4) is 0 Å². The van der Waals surface area contributed by atoms with E-state index in [1.807, 2.05) is 25.1 Å². The van der Waals surface area contributed by atoms with E-state index in [0.29, 0.717) is 13.0 Å². The maximum absolute atomic E-state index is 12.1. The first-order valence-corrected chi connectivity index (χ1v) is 7.98. The van der Waals surface area contributed by atoms with Gasteiger partial charge in [-0.2, -0.15) is 0 Å². The summed E-state index contributed by atoms with van der Waals surface area (Å²) >= 11 is 0. The Morgan fingerprint density at radius 2 is 1.96 bits per heavy atom. The zero-order valence-corrected chi connectivity index (χ0v) is 13.7. The highest BCUT2D eigenvalue weighted by Crippen LogP contribution is 2.20. The summed E-state index contributed by atoms with van der Waals surface area (Å²) in [6.45, 7) is 2.71. The van der Waals surface area contributed by atoms with E-state index in [4.69, 9.17) is 0 Å². The second-order valence-electron chi connectivity index (χ2n) is 6.05. The minimum absolute atomic E-state index is 0.0795. The standard InChI is InChI=1S/C20H22N2O/c1-15-6-5-7-16(12-15)13-20(23)21-11-10-17-14-22(2)19-9-4-3-8-18(17)19/h3-9,12,14H,10-11,13H2,1-2H3,(H,21,23). The third kappa shape index (κ3) is 3.62. The Morgan fingerprint density at radius 3 is 2.78 bits per heavy atom. The van der Waals surface area contributed by atoms with Gasteiger partial charge in [-0.25, -0.2) is 0 Å². The van der Waals surface area contributed by atoms with Crippen LogP contribution in [0.2, 0.25) is 0 Å². The highest BCUT2D eigenvalue weighted by Gasteiger charge is 2.07. The third-order valence-corrected chi connectivity index (χ3v) is 4.14. The van der Waals surface area contributed by atoms with Crippen LogP contribution in [0.5, 0.6) is 0 Å². The van der Waals surface area contributed by atoms with Crippen molar-refractivity contribution in [3.8, 4) is 0 Å². The number of carbonyl (C=O) groups is 1. The summed E-state index contributed by atoms with van der Waals surface area (Å²) in [7, 11) is 2.06. The van der Waals surface area contributed by atoms with Gasteiger partial charge in [0.2, 0.25) is 5.91 Å². The average molecular weight is 306 g/mol. The van der Waals surface area contributed by atoms with Crippen LogP contribution >= 0.6 is 0 Å². The van der Waals surface area contributed by atoms with Crippen molar-refractivity contribution >= 4 is 16.8 Å². The molecule has 1 heterocycles. The van der Waals surface area contributed by atoms with Crippen LogP contribution in [-0.2, 0) is 24.7 Å². The molecule has 0 spiro atoms. The van der Waals surface area contributed by atoms with Crippen molar-refractivity contribution in [1.29, 1.82) is 0 Å². The molecule has 2 aromatic carbocycles. The molecule has 0 radical (unpaired) electrons. The maximum atomic E-state index is 12.1. The van der Waals surface area contributed by atoms with Gasteiger partial charge in [0, 0.05) is 30.7 Å². The van der Waals surface area contributed by atoms with E-state index in [0.717, 1.165) is 12.0 Å². The fourth-order valence-electron chi connectivity index (χ4n) is 3.03. The van der Waals surface area contributed by atoms with Gasteiger partial charge >= 0.3 is 0 Å². The van der Waals surface area contributed by atoms with Gasteiger partial charge in [0.05, 0.1) is 6.42 Å². The number of hydrogen-bond acceptors (Lipinski definition) is 1. The molecule has 3 heteroatoms. The van der Waals surface area contributed by atoms with Crippen LogP contribution in [0.25, 0.3) is 10.9 Å². The Kier molecular flexibility index (Phi) is 4.47. The van der Waals surface area contributed by atoms with Crippen LogP contribution in [0, 0.1) is 6.92 Å². The lowest BCUT2D eigenvalue weighted by Crippen LogP contribution is -2.27. The van der Waals surface area contributed by atoms with Crippen LogP contribution in [0.15, 0.2) is 54.7 Å². The van der Waals surface area contributed by atoms with Crippen molar-refractivity contribution in [2.45, 2.75) is 19.8 Å². The molecule has 3 aromatic rings. The number of rotatable bonds is 5. The Morgan fingerprint density at radius 1 is 1.13 bits per heavy atom. The van der Waals surface area contributed by atoms with Gasteiger partial charge in [-0.15, -0.1) is 0 Å². The summed E-state index contributed by atoms with van der Waals surface area (Å²) in [5.74, 6) is 0.0795. The monoisotopic (exact) mass is 306 g/mol. The molecule has 1 amide bonds. The lowest BCUT2D eigenvalue weighted by Gasteiger charge is -2.06. The number of nitrogens with one attached hydrogen (secondary N) is 1. The molecule has 0 aliphatic carbocycles. The Balaban J connectivity index is 1.57. The molecule has 0 aliphatic rings. The molecule has 3 rings (SSSR count). The zero-order valence-electron chi connectivity index (χ0n) is 13.7. The SMILES string of the molecule is Cc1cccc(CC(=O)NCCc2cn(C)c3ccccc23)c1. The normalized spacial score (nSPS) is 10.9. The molecule has 23 heavy (non-hydrogen) atoms. The van der Waals surface area contributed by atoms with Crippen LogP contribution < -0.4 is 5.32 Å². The van der Waals surface area contributed by atoms with Crippen molar-refractivity contribution in [3.05, 3.63) is 71.4 Å². The van der Waals surface area contributed by atoms with Gasteiger partial charge in [0.15, 0.2) is 0 Å². The number of hydrogen-bond donors (Lipinski definition) is 1. The lowest BCUT2D eigenvalue weighted by molar-refractivity contribution is -0.120. The second kappa shape index (κ2) is 6.69. The van der Waals surface area contributed by atoms with Crippen LogP contribution in [0.4, 0.5) is 0 Å². The van der Waals surface area contributed by atoms with Gasteiger partial charge in [-0.05, 0) is 30.5 Å². The molecule has 0 unspecified atom stereocenters. The Hall–Kier alpha value is -2.55. The number of amides is 1. The predicted octanol–water partition coefficient (Wildman–Crippen LogP) is 3.39. The summed E-state index contributed by atoms with van der Waals surface area (Å²) < 4.78 is 2.14. The fraction of sp³-hybridized carbons (Fsp3) is 0.250. The predicted molar refractivity (Wildman–Crippen MR) is 94.5 cm³/mol. The number of aryl methyl sites for hydroxylation is 2. The molecular weight excluding hydrogens is 284 g/mol. The van der Waals surface area contributed by atoms with Crippen molar-refractivity contribution in [1.82, 2.24) is 9.88 Å². The van der Waals surface area contributed by atoms with E-state index in [1.54, 1.807) is 0 Å². The Bertz CT molecular complexity index is 833. The van der Waals surface area contributed by atoms with Gasteiger partial charge in [-0.3, -0.25) is 4.79 Å². The first kappa shape index (κ1) is 15.3. The topological polar surface area (TPSA) is 34.0 Å². The van der Waals surface area contributed by atoms with E-state index in [-0.39, 0.29) is 5.91 Å². The maximum Gasteiger partial charge on any atom is 0.224 e. The minimum Gasteiger partial charge on any atom is -0.355 e. The van der Waals surface area contributed by atoms with Crippen molar-refractivity contribution in [2.24, 2.45) is 7.05 Å². The minimum atomic E-state index is 0.0795. The molecule has 0 fully saturated rings. The van der Waals surface area contributed by atoms with E-state index < -0.39 is 0 Å². The number of aromatic nitrogens is 1. The van der Waals surface area contributed by atoms with Crippen molar-refractivity contribution in [2.75, 3.05) is 6.54 Å². The highest BCUT2D eigenvalue weighted by atomic mass is 16.1. The van der Waals surface area contributed by atoms with Crippen LogP contribution in [-0.4, -0.2) is 17.0 Å². The quantitative estimate of drug-likeness (QED) is 0.770. The van der Waals surface area contributed by atoms with Gasteiger partial charge in [0.25, 0.3) is 0 Å². The summed E-state index contributed by atoms with van der Waals surface area (Å²) in [5, 5.41) is 4.29. The molecule has 0 aliphatic heterocycles. The van der Waals surface area contributed by atoms with Crippen molar-refractivity contribution < 1.29 is 4.79 Å². The number of benzene rings is 2. The number of carbonyl (C=O) groups excluding carboxylic acids is 1. The molecular formula is C20H22N2O. The smallest absolute Gasteiger partial charge is 0.224 e. The summed E-state index contributed by atoms with van der Waals surface area (Å²) in [5.41, 5.74) is 4.76. The molecule has 0 atom stereocenters. The van der Waals surface area contributed by atoms with E-state index in [1.165, 1.54) is 22.0 Å². The molecule has 118 valence electrons.